The molecule has 0 spiro atoms. The Labute approximate surface area is 87.3 Å². The summed E-state index contributed by atoms with van der Waals surface area (Å²) in [6.07, 6.45) is 0. The van der Waals surface area contributed by atoms with Crippen molar-refractivity contribution in [3.05, 3.63) is 10.8 Å². The van der Waals surface area contributed by atoms with Crippen molar-refractivity contribution in [2.24, 2.45) is 0 Å². The van der Waals surface area contributed by atoms with Crippen LogP contribution in [-0.4, -0.2) is 16.3 Å². The molecule has 1 atom stereocenters. The Kier molecular flexibility index (Phi) is 2.87. The lowest BCUT2D eigenvalue weighted by Gasteiger charge is -2.18. The smallest absolute Gasteiger partial charge is 0.0319 e. The SMILES string of the molecule is BrCC1CSc2cscc2S1. The van der Waals surface area contributed by atoms with Crippen molar-refractivity contribution < 1.29 is 0 Å². The van der Waals surface area contributed by atoms with Crippen LogP contribution in [0.2, 0.25) is 0 Å². The molecule has 1 aromatic heterocycles. The molecule has 0 saturated heterocycles. The lowest BCUT2D eigenvalue weighted by molar-refractivity contribution is 1.12. The zero-order valence-electron chi connectivity index (χ0n) is 5.75. The van der Waals surface area contributed by atoms with Gasteiger partial charge >= 0.3 is 0 Å². The largest absolute Gasteiger partial charge is 0.150 e. The molecule has 0 aromatic carbocycles. The lowest BCUT2D eigenvalue weighted by Crippen LogP contribution is -2.10. The van der Waals surface area contributed by atoms with Crippen LogP contribution in [-0.2, 0) is 0 Å². The second kappa shape index (κ2) is 3.73. The zero-order valence-corrected chi connectivity index (χ0v) is 9.78. The second-order valence-electron chi connectivity index (χ2n) is 2.31. The summed E-state index contributed by atoms with van der Waals surface area (Å²) in [5.74, 6) is 1.25. The van der Waals surface area contributed by atoms with E-state index in [9.17, 15) is 0 Å². The Morgan fingerprint density at radius 2 is 2.27 bits per heavy atom. The quantitative estimate of drug-likeness (QED) is 0.711. The number of alkyl halides is 1. The summed E-state index contributed by atoms with van der Waals surface area (Å²) < 4.78 is 0. The Bertz CT molecular complexity index is 246. The van der Waals surface area contributed by atoms with Crippen LogP contribution in [0, 0.1) is 0 Å². The van der Waals surface area contributed by atoms with Crippen molar-refractivity contribution in [2.75, 3.05) is 11.1 Å². The first-order valence-corrected chi connectivity index (χ1v) is 7.24. The van der Waals surface area contributed by atoms with Crippen LogP contribution in [0.3, 0.4) is 0 Å². The van der Waals surface area contributed by atoms with Gasteiger partial charge in [0.1, 0.15) is 0 Å². The maximum absolute atomic E-state index is 3.52. The van der Waals surface area contributed by atoms with E-state index in [2.05, 4.69) is 26.7 Å². The van der Waals surface area contributed by atoms with Gasteiger partial charge in [-0.2, -0.15) is 11.3 Å². The molecule has 0 bridgehead atoms. The monoisotopic (exact) mass is 266 g/mol. The minimum Gasteiger partial charge on any atom is -0.150 e. The number of thiophene rings is 1. The molecule has 0 radical (unpaired) electrons. The highest BCUT2D eigenvalue weighted by Gasteiger charge is 2.18. The summed E-state index contributed by atoms with van der Waals surface area (Å²) >= 11 is 9.33. The second-order valence-corrected chi connectivity index (χ2v) is 6.10. The number of hydrogen-bond acceptors (Lipinski definition) is 3. The standard InChI is InChI=1S/C7H7BrS3/c8-1-5-2-10-6-3-9-4-7(6)11-5/h3-5H,1-2H2. The van der Waals surface area contributed by atoms with Crippen molar-refractivity contribution in [3.8, 4) is 0 Å². The molecular formula is C7H7BrS3. The molecule has 1 aromatic rings. The van der Waals surface area contributed by atoms with Crippen LogP contribution >= 0.6 is 50.8 Å². The maximum atomic E-state index is 3.52. The molecule has 0 fully saturated rings. The Balaban J connectivity index is 2.18. The van der Waals surface area contributed by atoms with Crippen molar-refractivity contribution >= 4 is 50.8 Å². The molecular weight excluding hydrogens is 260 g/mol. The molecule has 0 nitrogen and oxygen atoms in total. The van der Waals surface area contributed by atoms with Crippen LogP contribution in [0.1, 0.15) is 0 Å². The highest BCUT2D eigenvalue weighted by atomic mass is 79.9. The molecule has 1 aliphatic rings. The Hall–Kier alpha value is 0.880. The van der Waals surface area contributed by atoms with E-state index in [1.807, 2.05) is 34.9 Å². The topological polar surface area (TPSA) is 0 Å². The van der Waals surface area contributed by atoms with Crippen LogP contribution < -0.4 is 0 Å². The van der Waals surface area contributed by atoms with Gasteiger partial charge in [0.15, 0.2) is 0 Å². The van der Waals surface area contributed by atoms with Gasteiger partial charge in [-0.25, -0.2) is 0 Å². The first kappa shape index (κ1) is 8.48. The normalized spacial score (nSPS) is 23.2. The Morgan fingerprint density at radius 1 is 1.45 bits per heavy atom. The van der Waals surface area contributed by atoms with E-state index in [-0.39, 0.29) is 0 Å². The third-order valence-corrected chi connectivity index (χ3v) is 6.55. The Morgan fingerprint density at radius 3 is 3.09 bits per heavy atom. The highest BCUT2D eigenvalue weighted by molar-refractivity contribution is 9.09. The average Bonchev–Trinajstić information content (AvgIpc) is 2.50. The van der Waals surface area contributed by atoms with E-state index in [1.165, 1.54) is 15.5 Å². The molecule has 2 heterocycles. The van der Waals surface area contributed by atoms with E-state index in [1.54, 1.807) is 0 Å². The van der Waals surface area contributed by atoms with Gasteiger partial charge < -0.3 is 0 Å². The van der Waals surface area contributed by atoms with E-state index < -0.39 is 0 Å². The number of fused-ring (bicyclic) bond motifs is 1. The summed E-state index contributed by atoms with van der Waals surface area (Å²) in [6, 6.07) is 0. The van der Waals surface area contributed by atoms with E-state index in [0.717, 1.165) is 10.6 Å². The third kappa shape index (κ3) is 1.79. The molecule has 0 saturated carbocycles. The fraction of sp³-hybridized carbons (Fsp3) is 0.429. The molecule has 0 N–H and O–H groups in total. The fourth-order valence-corrected chi connectivity index (χ4v) is 5.49. The molecule has 1 unspecified atom stereocenters. The van der Waals surface area contributed by atoms with Crippen molar-refractivity contribution in [1.82, 2.24) is 0 Å². The predicted molar refractivity (Wildman–Crippen MR) is 58.5 cm³/mol. The number of thioether (sulfide) groups is 2. The summed E-state index contributed by atoms with van der Waals surface area (Å²) in [4.78, 5) is 2.97. The summed E-state index contributed by atoms with van der Waals surface area (Å²) in [6.45, 7) is 0. The van der Waals surface area contributed by atoms with Gasteiger partial charge in [0, 0.05) is 36.9 Å². The van der Waals surface area contributed by atoms with E-state index in [0.29, 0.717) is 0 Å². The maximum Gasteiger partial charge on any atom is 0.0319 e. The minimum atomic E-state index is 0.766. The van der Waals surface area contributed by atoms with Crippen LogP contribution in [0.4, 0.5) is 0 Å². The number of rotatable bonds is 1. The third-order valence-electron chi connectivity index (χ3n) is 1.48. The predicted octanol–water partition coefficient (Wildman–Crippen LogP) is 3.71. The van der Waals surface area contributed by atoms with E-state index in [4.69, 9.17) is 0 Å². The molecule has 4 heteroatoms. The van der Waals surface area contributed by atoms with Crippen molar-refractivity contribution in [1.29, 1.82) is 0 Å². The van der Waals surface area contributed by atoms with Crippen LogP contribution in [0.25, 0.3) is 0 Å². The van der Waals surface area contributed by atoms with Gasteiger partial charge in [-0.1, -0.05) is 15.9 Å². The summed E-state index contributed by atoms with van der Waals surface area (Å²) in [5.41, 5.74) is 0. The first-order valence-electron chi connectivity index (χ1n) is 3.32. The van der Waals surface area contributed by atoms with Gasteiger partial charge in [0.2, 0.25) is 0 Å². The summed E-state index contributed by atoms with van der Waals surface area (Å²) in [7, 11) is 0. The number of halogens is 1. The first-order chi connectivity index (χ1) is 5.40. The molecule has 0 aliphatic carbocycles. The molecule has 2 rings (SSSR count). The fourth-order valence-electron chi connectivity index (χ4n) is 0.937. The van der Waals surface area contributed by atoms with Gasteiger partial charge in [-0.3, -0.25) is 0 Å². The average molecular weight is 267 g/mol. The van der Waals surface area contributed by atoms with Gasteiger partial charge in [0.05, 0.1) is 0 Å². The van der Waals surface area contributed by atoms with Gasteiger partial charge in [-0.15, -0.1) is 23.5 Å². The van der Waals surface area contributed by atoms with Gasteiger partial charge in [0.25, 0.3) is 0 Å². The minimum absolute atomic E-state index is 0.766. The molecule has 60 valence electrons. The zero-order chi connectivity index (χ0) is 7.68. The van der Waals surface area contributed by atoms with Crippen molar-refractivity contribution in [3.63, 3.8) is 0 Å². The van der Waals surface area contributed by atoms with Crippen LogP contribution in [0.5, 0.6) is 0 Å². The van der Waals surface area contributed by atoms with Crippen molar-refractivity contribution in [2.45, 2.75) is 15.0 Å². The van der Waals surface area contributed by atoms with Gasteiger partial charge in [-0.05, 0) is 0 Å². The molecule has 1 aliphatic heterocycles. The molecule has 0 amide bonds. The van der Waals surface area contributed by atoms with Crippen LogP contribution in [0.15, 0.2) is 20.6 Å². The molecule has 11 heavy (non-hydrogen) atoms. The van der Waals surface area contributed by atoms with E-state index >= 15 is 0 Å². The number of hydrogen-bond donors (Lipinski definition) is 0. The highest BCUT2D eigenvalue weighted by Crippen LogP contribution is 2.42. The summed E-state index contributed by atoms with van der Waals surface area (Å²) in [5, 5.41) is 6.38. The lowest BCUT2D eigenvalue weighted by atomic mass is 10.5.